The fourth-order valence-corrected chi connectivity index (χ4v) is 15.9. The number of hydrogen-bond donors (Lipinski definition) is 1. The van der Waals surface area contributed by atoms with Crippen LogP contribution in [0.2, 0.25) is 0 Å². The van der Waals surface area contributed by atoms with Crippen molar-refractivity contribution >= 4 is 14.0 Å². The molecule has 6 fully saturated rings. The van der Waals surface area contributed by atoms with Gasteiger partial charge in [0.05, 0.1) is 31.0 Å². The van der Waals surface area contributed by atoms with E-state index < -0.39 is 8.30 Å². The molecule has 0 radical (unpaired) electrons. The summed E-state index contributed by atoms with van der Waals surface area (Å²) < 4.78 is 10.8. The highest BCUT2D eigenvalue weighted by Gasteiger charge is 2.65. The minimum atomic E-state index is -0.622. The summed E-state index contributed by atoms with van der Waals surface area (Å²) >= 11 is 0. The lowest BCUT2D eigenvalue weighted by atomic mass is 9.55. The predicted octanol–water partition coefficient (Wildman–Crippen LogP) is 8.04. The van der Waals surface area contributed by atoms with E-state index in [0.29, 0.717) is 53.6 Å². The highest BCUT2D eigenvalue weighted by Crippen LogP contribution is 2.70. The van der Waals surface area contributed by atoms with Gasteiger partial charge in [-0.25, -0.2) is 0 Å². The van der Waals surface area contributed by atoms with E-state index in [0.717, 1.165) is 30.2 Å². The minimum absolute atomic E-state index is 0.483. The van der Waals surface area contributed by atoms with Crippen LogP contribution in [0.5, 0.6) is 0 Å². The smallest absolute Gasteiger partial charge is 0.175 e. The summed E-state index contributed by atoms with van der Waals surface area (Å²) in [7, 11) is 1.97. The maximum absolute atomic E-state index is 7.73. The molecule has 5 heteroatoms. The second kappa shape index (κ2) is 10.9. The Morgan fingerprint density at radius 2 is 1.59 bits per heavy atom. The average Bonchev–Trinajstić information content (AvgIpc) is 3.39. The summed E-state index contributed by atoms with van der Waals surface area (Å²) in [6, 6.07) is 7.86. The molecule has 4 heterocycles. The fraction of sp³-hybridized carbons (Fsp3) is 0.744. The van der Waals surface area contributed by atoms with E-state index in [1.165, 1.54) is 64.2 Å². The first-order valence-corrected chi connectivity index (χ1v) is 20.1. The van der Waals surface area contributed by atoms with Gasteiger partial charge in [-0.15, -0.1) is 0 Å². The second-order valence-corrected chi connectivity index (χ2v) is 18.7. The summed E-state index contributed by atoms with van der Waals surface area (Å²) in [6.45, 7) is 10.8. The zero-order valence-corrected chi connectivity index (χ0v) is 28.9. The van der Waals surface area contributed by atoms with Crippen molar-refractivity contribution in [3.05, 3.63) is 53.4 Å². The molecule has 0 spiro atoms. The number of nitrogens with zero attached hydrogens (tertiary/aromatic N) is 2. The van der Waals surface area contributed by atoms with Gasteiger partial charge in [0.25, 0.3) is 0 Å². The molecule has 2 bridgehead atoms. The number of hydrogen-bond acceptors (Lipinski definition) is 3. The number of benzene rings is 1. The molecule has 0 amide bonds. The minimum Gasteiger partial charge on any atom is -0.340 e. The van der Waals surface area contributed by atoms with Crippen molar-refractivity contribution in [3.63, 3.8) is 0 Å². The molecular formula is C39H57N3OP+. The zero-order valence-electron chi connectivity index (χ0n) is 28.0. The normalized spacial score (nSPS) is 45.8. The van der Waals surface area contributed by atoms with E-state index in [1.807, 2.05) is 0 Å². The van der Waals surface area contributed by atoms with Gasteiger partial charge in [-0.2, -0.15) is 0 Å². The number of quaternary nitrogens is 1. The third-order valence-corrected chi connectivity index (χ3v) is 16.9. The maximum Gasteiger partial charge on any atom is 0.175 e. The number of fused-ring (bicyclic) bond motifs is 5. The molecule has 13 unspecified atom stereocenters. The molecule has 8 aliphatic rings. The van der Waals surface area contributed by atoms with Crippen molar-refractivity contribution in [2.24, 2.45) is 41.4 Å². The molecule has 9 rings (SSSR count). The molecule has 2 saturated heterocycles. The monoisotopic (exact) mass is 614 g/mol. The molecule has 1 aromatic carbocycles. The lowest BCUT2D eigenvalue weighted by Gasteiger charge is -2.63. The van der Waals surface area contributed by atoms with E-state index >= 15 is 0 Å². The van der Waals surface area contributed by atoms with Gasteiger partial charge >= 0.3 is 0 Å². The van der Waals surface area contributed by atoms with Crippen molar-refractivity contribution < 1.29 is 9.42 Å². The van der Waals surface area contributed by atoms with Gasteiger partial charge in [-0.05, 0) is 104 Å². The fourth-order valence-electron chi connectivity index (χ4n) is 12.5. The summed E-state index contributed by atoms with van der Waals surface area (Å²) in [4.78, 5) is 4.65. The predicted molar refractivity (Wildman–Crippen MR) is 182 cm³/mol. The first-order valence-electron chi connectivity index (χ1n) is 18.8. The Bertz CT molecular complexity index is 1310. The summed E-state index contributed by atoms with van der Waals surface area (Å²) in [5.41, 5.74) is 7.09. The first kappa shape index (κ1) is 29.0. The number of rotatable bonds is 3. The Morgan fingerprint density at radius 1 is 0.864 bits per heavy atom. The number of anilines is 1. The molecule has 4 aliphatic heterocycles. The van der Waals surface area contributed by atoms with Gasteiger partial charge in [0, 0.05) is 24.2 Å². The third kappa shape index (κ3) is 4.15. The molecule has 4 aliphatic carbocycles. The Balaban J connectivity index is 1.26. The van der Waals surface area contributed by atoms with E-state index in [1.54, 1.807) is 27.4 Å². The van der Waals surface area contributed by atoms with Crippen LogP contribution in [0.1, 0.15) is 115 Å². The van der Waals surface area contributed by atoms with Crippen LogP contribution >= 0.6 is 8.30 Å². The molecule has 238 valence electrons. The van der Waals surface area contributed by atoms with Gasteiger partial charge in [0.1, 0.15) is 14.0 Å². The van der Waals surface area contributed by atoms with Crippen LogP contribution in [0.25, 0.3) is 0 Å². The van der Waals surface area contributed by atoms with Crippen LogP contribution < -0.4 is 9.80 Å². The third-order valence-electron chi connectivity index (χ3n) is 14.2. The van der Waals surface area contributed by atoms with Crippen LogP contribution in [0.4, 0.5) is 5.69 Å². The molecule has 4 saturated carbocycles. The van der Waals surface area contributed by atoms with Crippen molar-refractivity contribution in [1.29, 1.82) is 0 Å². The topological polar surface area (TPSA) is 20.2 Å². The van der Waals surface area contributed by atoms with E-state index in [-0.39, 0.29) is 0 Å². The molecular weight excluding hydrogens is 557 g/mol. The zero-order chi connectivity index (χ0) is 29.9. The van der Waals surface area contributed by atoms with Crippen LogP contribution in [0.15, 0.2) is 42.2 Å². The van der Waals surface area contributed by atoms with Crippen LogP contribution in [0.3, 0.4) is 0 Å². The van der Waals surface area contributed by atoms with Gasteiger partial charge in [0.2, 0.25) is 0 Å². The maximum atomic E-state index is 7.73. The molecule has 1 aromatic rings. The highest BCUT2D eigenvalue weighted by atomic mass is 31.2. The Kier molecular flexibility index (Phi) is 7.20. The molecule has 44 heavy (non-hydrogen) atoms. The van der Waals surface area contributed by atoms with Crippen LogP contribution in [-0.4, -0.2) is 42.2 Å². The van der Waals surface area contributed by atoms with Gasteiger partial charge < -0.3 is 4.52 Å². The van der Waals surface area contributed by atoms with Crippen molar-refractivity contribution in [1.82, 2.24) is 4.67 Å². The van der Waals surface area contributed by atoms with E-state index in [9.17, 15) is 0 Å². The number of para-hydroxylation sites is 1. The van der Waals surface area contributed by atoms with Gasteiger partial charge in [-0.3, -0.25) is 14.5 Å². The van der Waals surface area contributed by atoms with Crippen molar-refractivity contribution in [3.8, 4) is 0 Å². The summed E-state index contributed by atoms with van der Waals surface area (Å²) in [5.74, 6) is 6.58. The SMILES string of the molecule is CC(C)c1cccc(C(C)C)c1N1C=C2C3CCCC4C=CCN(C43)P3OC4CCCC5CCC6CCC(C1[NH+]2C)C3C6C54. The molecule has 13 atom stereocenters. The lowest BCUT2D eigenvalue weighted by Crippen LogP contribution is -3.13. The largest absolute Gasteiger partial charge is 0.340 e. The molecule has 0 aromatic heterocycles. The van der Waals surface area contributed by atoms with Crippen molar-refractivity contribution in [2.45, 2.75) is 128 Å². The lowest BCUT2D eigenvalue weighted by molar-refractivity contribution is -0.868. The highest BCUT2D eigenvalue weighted by molar-refractivity contribution is 7.51. The quantitative estimate of drug-likeness (QED) is 0.275. The second-order valence-electron chi connectivity index (χ2n) is 16.8. The summed E-state index contributed by atoms with van der Waals surface area (Å²) in [6.07, 6.45) is 23.0. The number of nitrogens with one attached hydrogen (secondary N) is 1. The van der Waals surface area contributed by atoms with Crippen LogP contribution in [-0.2, 0) is 4.52 Å². The van der Waals surface area contributed by atoms with E-state index in [2.05, 4.69) is 80.9 Å². The average molecular weight is 615 g/mol. The Labute approximate surface area is 268 Å². The Hall–Kier alpha value is -1.19. The molecule has 1 N–H and O–H groups in total. The standard InChI is InChI=1S/C39H56N3OP/c1-23(2)28-13-8-14-29(24(3)4)37(28)41-22-32-30-15-6-11-27-12-9-21-42(36(27)30)44-38-31(39(41)40(32)5)20-19-26-18-17-25-10-7-16-33(43-44)34(25)35(26)38/h8-9,12-14,22-27,30-31,33-36,38-39H,6-7,10-11,15-21H2,1-5H3/p+1. The van der Waals surface area contributed by atoms with Gasteiger partial charge in [-0.1, -0.05) is 70.9 Å². The van der Waals surface area contributed by atoms with Gasteiger partial charge in [0.15, 0.2) is 6.17 Å². The van der Waals surface area contributed by atoms with E-state index in [4.69, 9.17) is 4.52 Å². The molecule has 4 nitrogen and oxygen atoms in total. The first-order chi connectivity index (χ1) is 21.4. The van der Waals surface area contributed by atoms with Crippen molar-refractivity contribution in [2.75, 3.05) is 18.5 Å². The Morgan fingerprint density at radius 3 is 2.36 bits per heavy atom. The summed E-state index contributed by atoms with van der Waals surface area (Å²) in [5, 5.41) is 0. The van der Waals surface area contributed by atoms with Crippen LogP contribution in [0, 0.1) is 41.4 Å².